The van der Waals surface area contributed by atoms with Crippen molar-refractivity contribution in [2.45, 2.75) is 38.4 Å². The minimum atomic E-state index is -0.938. The highest BCUT2D eigenvalue weighted by Crippen LogP contribution is 2.50. The lowest BCUT2D eigenvalue weighted by atomic mass is 10.1. The van der Waals surface area contributed by atoms with E-state index in [4.69, 9.17) is 11.6 Å². The van der Waals surface area contributed by atoms with Gasteiger partial charge in [0.25, 0.3) is 0 Å². The molecule has 0 spiro atoms. The average molecular weight is 220 g/mol. The Kier molecular flexibility index (Phi) is 2.46. The van der Waals surface area contributed by atoms with E-state index >= 15 is 0 Å². The Bertz CT molecular complexity index is 261. The van der Waals surface area contributed by atoms with Crippen molar-refractivity contribution in [3.63, 3.8) is 0 Å². The molecule has 4 heteroatoms. The molecule has 0 aromatic heterocycles. The summed E-state index contributed by atoms with van der Waals surface area (Å²) in [4.78, 5) is 13.7. The molecule has 14 heavy (non-hydrogen) atoms. The van der Waals surface area contributed by atoms with Crippen LogP contribution in [0.3, 0.4) is 0 Å². The van der Waals surface area contributed by atoms with E-state index in [0.29, 0.717) is 12.3 Å². The van der Waals surface area contributed by atoms with E-state index in [2.05, 4.69) is 0 Å². The second-order valence-corrected chi connectivity index (χ2v) is 4.85. The number of carbonyl (C=O) groups excluding carboxylic acids is 1. The van der Waals surface area contributed by atoms with Gasteiger partial charge in [-0.3, -0.25) is 4.79 Å². The van der Waals surface area contributed by atoms with Gasteiger partial charge in [-0.05, 0) is 26.2 Å². The molecule has 1 aliphatic heterocycles. The zero-order valence-corrected chi connectivity index (χ0v) is 9.06. The summed E-state index contributed by atoms with van der Waals surface area (Å²) in [6.45, 7) is 2.46. The molecule has 0 aromatic carbocycles. The van der Waals surface area contributed by atoms with Gasteiger partial charge in [-0.1, -0.05) is 0 Å². The van der Waals surface area contributed by atoms with E-state index in [9.17, 15) is 9.18 Å². The third-order valence-electron chi connectivity index (χ3n) is 3.44. The SMILES string of the molecule is CC1(C(=O)N2CCC[C@H]2CCl)CC1F. The zero-order valence-electron chi connectivity index (χ0n) is 8.30. The smallest absolute Gasteiger partial charge is 0.231 e. The van der Waals surface area contributed by atoms with Gasteiger partial charge in [-0.25, -0.2) is 4.39 Å². The Balaban J connectivity index is 2.04. The fraction of sp³-hybridized carbons (Fsp3) is 0.900. The Labute approximate surface area is 88.4 Å². The monoisotopic (exact) mass is 219 g/mol. The summed E-state index contributed by atoms with van der Waals surface area (Å²) < 4.78 is 13.0. The highest BCUT2D eigenvalue weighted by atomic mass is 35.5. The lowest BCUT2D eigenvalue weighted by molar-refractivity contribution is -0.137. The summed E-state index contributed by atoms with van der Waals surface area (Å²) in [5.74, 6) is 0.437. The van der Waals surface area contributed by atoms with Gasteiger partial charge in [0.15, 0.2) is 0 Å². The van der Waals surface area contributed by atoms with Gasteiger partial charge in [0, 0.05) is 18.5 Å². The van der Waals surface area contributed by atoms with Crippen LogP contribution in [0, 0.1) is 5.41 Å². The molecule has 0 bridgehead atoms. The Hall–Kier alpha value is -0.310. The highest BCUT2D eigenvalue weighted by Gasteiger charge is 2.59. The van der Waals surface area contributed by atoms with Crippen LogP contribution in [0.25, 0.3) is 0 Å². The molecule has 1 aliphatic carbocycles. The molecule has 80 valence electrons. The first-order valence-electron chi connectivity index (χ1n) is 5.10. The van der Waals surface area contributed by atoms with Crippen LogP contribution in [0.15, 0.2) is 0 Å². The number of nitrogens with zero attached hydrogens (tertiary/aromatic N) is 1. The lowest BCUT2D eigenvalue weighted by Crippen LogP contribution is -2.41. The van der Waals surface area contributed by atoms with E-state index < -0.39 is 11.6 Å². The van der Waals surface area contributed by atoms with Crippen LogP contribution in [-0.4, -0.2) is 35.4 Å². The van der Waals surface area contributed by atoms with E-state index in [0.717, 1.165) is 19.4 Å². The highest BCUT2D eigenvalue weighted by molar-refractivity contribution is 6.18. The minimum Gasteiger partial charge on any atom is -0.338 e. The summed E-state index contributed by atoms with van der Waals surface area (Å²) in [5, 5.41) is 0. The number of likely N-dealkylation sites (tertiary alicyclic amines) is 1. The Morgan fingerprint density at radius 2 is 2.36 bits per heavy atom. The molecule has 1 saturated carbocycles. The Morgan fingerprint density at radius 1 is 1.71 bits per heavy atom. The molecule has 0 radical (unpaired) electrons. The first-order chi connectivity index (χ1) is 6.59. The van der Waals surface area contributed by atoms with Crippen molar-refractivity contribution in [1.82, 2.24) is 4.90 Å². The quantitative estimate of drug-likeness (QED) is 0.651. The fourth-order valence-corrected chi connectivity index (χ4v) is 2.45. The van der Waals surface area contributed by atoms with Crippen LogP contribution in [0.4, 0.5) is 4.39 Å². The second-order valence-electron chi connectivity index (χ2n) is 4.54. The van der Waals surface area contributed by atoms with E-state index in [1.807, 2.05) is 0 Å². The summed E-state index contributed by atoms with van der Waals surface area (Å²) in [5.41, 5.74) is -0.728. The lowest BCUT2D eigenvalue weighted by Gasteiger charge is -2.25. The number of carbonyl (C=O) groups is 1. The van der Waals surface area contributed by atoms with Crippen LogP contribution in [-0.2, 0) is 4.79 Å². The third-order valence-corrected chi connectivity index (χ3v) is 3.80. The number of alkyl halides is 2. The van der Waals surface area contributed by atoms with E-state index in [1.54, 1.807) is 11.8 Å². The first kappa shape index (κ1) is 10.2. The molecule has 1 heterocycles. The molecule has 3 atom stereocenters. The topological polar surface area (TPSA) is 20.3 Å². The van der Waals surface area contributed by atoms with Crippen molar-refractivity contribution >= 4 is 17.5 Å². The molecule has 0 N–H and O–H groups in total. The summed E-state index contributed by atoms with van der Waals surface area (Å²) in [6, 6.07) is 0.133. The zero-order chi connectivity index (χ0) is 10.3. The molecular formula is C10H15ClFNO. The van der Waals surface area contributed by atoms with Gasteiger partial charge in [0.2, 0.25) is 5.91 Å². The summed E-state index contributed by atoms with van der Waals surface area (Å²) in [6.07, 6.45) is 1.40. The van der Waals surface area contributed by atoms with Gasteiger partial charge in [-0.2, -0.15) is 0 Å². The van der Waals surface area contributed by atoms with Gasteiger partial charge in [-0.15, -0.1) is 11.6 Å². The van der Waals surface area contributed by atoms with Crippen molar-refractivity contribution in [3.8, 4) is 0 Å². The van der Waals surface area contributed by atoms with Crippen molar-refractivity contribution in [2.75, 3.05) is 12.4 Å². The maximum atomic E-state index is 13.0. The molecule has 2 rings (SSSR count). The number of hydrogen-bond donors (Lipinski definition) is 0. The minimum absolute atomic E-state index is 0.0341. The predicted molar refractivity (Wildman–Crippen MR) is 53.1 cm³/mol. The summed E-state index contributed by atoms with van der Waals surface area (Å²) >= 11 is 5.77. The molecule has 2 nitrogen and oxygen atoms in total. The number of amides is 1. The van der Waals surface area contributed by atoms with Crippen LogP contribution < -0.4 is 0 Å². The van der Waals surface area contributed by atoms with E-state index in [-0.39, 0.29) is 11.9 Å². The van der Waals surface area contributed by atoms with Crippen molar-refractivity contribution in [1.29, 1.82) is 0 Å². The van der Waals surface area contributed by atoms with Crippen molar-refractivity contribution in [2.24, 2.45) is 5.41 Å². The average Bonchev–Trinajstić information content (AvgIpc) is 2.67. The van der Waals surface area contributed by atoms with Crippen LogP contribution in [0.5, 0.6) is 0 Å². The van der Waals surface area contributed by atoms with Gasteiger partial charge in [0.05, 0.1) is 5.41 Å². The number of rotatable bonds is 2. The number of hydrogen-bond acceptors (Lipinski definition) is 1. The van der Waals surface area contributed by atoms with Crippen LogP contribution in [0.1, 0.15) is 26.2 Å². The van der Waals surface area contributed by atoms with Crippen LogP contribution in [0.2, 0.25) is 0 Å². The molecule has 2 fully saturated rings. The molecule has 1 amide bonds. The normalized spacial score (nSPS) is 41.5. The molecule has 2 aliphatic rings. The molecule has 2 unspecified atom stereocenters. The predicted octanol–water partition coefficient (Wildman–Crippen LogP) is 1.96. The van der Waals surface area contributed by atoms with Gasteiger partial charge < -0.3 is 4.90 Å². The molecular weight excluding hydrogens is 205 g/mol. The van der Waals surface area contributed by atoms with Crippen LogP contribution >= 0.6 is 11.6 Å². The molecule has 0 aromatic rings. The largest absolute Gasteiger partial charge is 0.338 e. The second kappa shape index (κ2) is 3.37. The van der Waals surface area contributed by atoms with E-state index in [1.165, 1.54) is 0 Å². The van der Waals surface area contributed by atoms with Crippen molar-refractivity contribution in [3.05, 3.63) is 0 Å². The van der Waals surface area contributed by atoms with Gasteiger partial charge >= 0.3 is 0 Å². The third kappa shape index (κ3) is 1.42. The maximum absolute atomic E-state index is 13.0. The maximum Gasteiger partial charge on any atom is 0.231 e. The fourth-order valence-electron chi connectivity index (χ4n) is 2.13. The first-order valence-corrected chi connectivity index (χ1v) is 5.64. The summed E-state index contributed by atoms with van der Waals surface area (Å²) in [7, 11) is 0. The number of halogens is 2. The standard InChI is InChI=1S/C10H15ClFNO/c1-10(5-8(10)12)9(14)13-4-2-3-7(13)6-11/h7-8H,2-6H2,1H3/t7-,8?,10?/m0/s1. The Morgan fingerprint density at radius 3 is 2.86 bits per heavy atom. The van der Waals surface area contributed by atoms with Crippen molar-refractivity contribution < 1.29 is 9.18 Å². The van der Waals surface area contributed by atoms with Gasteiger partial charge in [0.1, 0.15) is 6.17 Å². The molecule has 1 saturated heterocycles.